The van der Waals surface area contributed by atoms with Crippen molar-refractivity contribution in [3.63, 3.8) is 0 Å². The van der Waals surface area contributed by atoms with Crippen LogP contribution in [0.15, 0.2) is 16.7 Å². The number of aromatic nitrogens is 2. The topological polar surface area (TPSA) is 83.4 Å². The monoisotopic (exact) mass is 363 g/mol. The molecule has 1 aliphatic carbocycles. The molecule has 0 unspecified atom stereocenters. The molecule has 0 aliphatic heterocycles. The van der Waals surface area contributed by atoms with Gasteiger partial charge in [0, 0.05) is 6.08 Å². The summed E-state index contributed by atoms with van der Waals surface area (Å²) in [4.78, 5) is 4.36. The minimum atomic E-state index is -0.433. The fourth-order valence-corrected chi connectivity index (χ4v) is 2.90. The van der Waals surface area contributed by atoms with Gasteiger partial charge < -0.3 is 19.7 Å². The first-order valence-electron chi connectivity index (χ1n) is 8.26. The standard InChI is InChI=1S/C18H22ClN3O3/c1-11(2)24-16-13(19)9-12(10-14(16)23-3)5-6-15-21-17(22-25-15)18(20)7-4-8-18/h5-6,9-11H,4,7-8,20H2,1-3H3/b6-5+. The third kappa shape index (κ3) is 3.80. The van der Waals surface area contributed by atoms with E-state index in [1.54, 1.807) is 19.3 Å². The Morgan fingerprint density at radius 1 is 1.32 bits per heavy atom. The van der Waals surface area contributed by atoms with E-state index in [4.69, 9.17) is 31.3 Å². The van der Waals surface area contributed by atoms with E-state index in [0.717, 1.165) is 24.8 Å². The van der Waals surface area contributed by atoms with Gasteiger partial charge in [0.25, 0.3) is 5.89 Å². The van der Waals surface area contributed by atoms with Gasteiger partial charge >= 0.3 is 0 Å². The zero-order valence-corrected chi connectivity index (χ0v) is 15.3. The first-order valence-corrected chi connectivity index (χ1v) is 8.64. The molecule has 0 atom stereocenters. The van der Waals surface area contributed by atoms with Crippen LogP contribution in [0.1, 0.15) is 50.4 Å². The summed E-state index contributed by atoms with van der Waals surface area (Å²) in [5.41, 5.74) is 6.61. The van der Waals surface area contributed by atoms with E-state index in [1.807, 2.05) is 26.0 Å². The van der Waals surface area contributed by atoms with Gasteiger partial charge in [-0.25, -0.2) is 0 Å². The first kappa shape index (κ1) is 17.8. The largest absolute Gasteiger partial charge is 0.493 e. The van der Waals surface area contributed by atoms with Gasteiger partial charge in [0.05, 0.1) is 23.8 Å². The Hall–Kier alpha value is -2.05. The Morgan fingerprint density at radius 2 is 2.08 bits per heavy atom. The summed E-state index contributed by atoms with van der Waals surface area (Å²) < 4.78 is 16.3. The lowest BCUT2D eigenvalue weighted by Crippen LogP contribution is -2.44. The Balaban J connectivity index is 1.80. The van der Waals surface area contributed by atoms with Gasteiger partial charge in [0.15, 0.2) is 17.3 Å². The molecule has 7 heteroatoms. The molecule has 134 valence electrons. The lowest BCUT2D eigenvalue weighted by Gasteiger charge is -2.34. The van der Waals surface area contributed by atoms with Crippen molar-refractivity contribution in [3.05, 3.63) is 34.4 Å². The van der Waals surface area contributed by atoms with Crippen molar-refractivity contribution in [2.24, 2.45) is 5.73 Å². The molecule has 2 aromatic rings. The lowest BCUT2D eigenvalue weighted by atomic mass is 9.77. The maximum Gasteiger partial charge on any atom is 0.250 e. The van der Waals surface area contributed by atoms with Crippen molar-refractivity contribution in [2.45, 2.75) is 44.8 Å². The molecule has 1 saturated carbocycles. The second kappa shape index (κ2) is 7.06. The van der Waals surface area contributed by atoms with Gasteiger partial charge in [0.2, 0.25) is 0 Å². The van der Waals surface area contributed by atoms with E-state index in [0.29, 0.717) is 28.2 Å². The molecule has 0 bridgehead atoms. The molecule has 1 heterocycles. The average molecular weight is 364 g/mol. The van der Waals surface area contributed by atoms with Crippen LogP contribution in [0.4, 0.5) is 0 Å². The summed E-state index contributed by atoms with van der Waals surface area (Å²) >= 11 is 6.32. The SMILES string of the molecule is COc1cc(/C=C/c2nc(C3(N)CCC3)no2)cc(Cl)c1OC(C)C. The fraction of sp³-hybridized carbons (Fsp3) is 0.444. The molecule has 6 nitrogen and oxygen atoms in total. The van der Waals surface area contributed by atoms with Crippen LogP contribution < -0.4 is 15.2 Å². The predicted molar refractivity (Wildman–Crippen MR) is 96.7 cm³/mol. The van der Waals surface area contributed by atoms with Crippen molar-refractivity contribution in [3.8, 4) is 11.5 Å². The zero-order valence-electron chi connectivity index (χ0n) is 14.6. The molecular weight excluding hydrogens is 342 g/mol. The Labute approximate surface area is 151 Å². The van der Waals surface area contributed by atoms with Crippen LogP contribution in [-0.2, 0) is 5.54 Å². The van der Waals surface area contributed by atoms with Gasteiger partial charge in [-0.1, -0.05) is 16.8 Å². The number of nitrogens with zero attached hydrogens (tertiary/aromatic N) is 2. The highest BCUT2D eigenvalue weighted by Crippen LogP contribution is 2.38. The molecule has 0 spiro atoms. The number of benzene rings is 1. The zero-order chi connectivity index (χ0) is 18.0. The number of methoxy groups -OCH3 is 1. The minimum absolute atomic E-state index is 0.000282. The summed E-state index contributed by atoms with van der Waals surface area (Å²) in [7, 11) is 1.58. The molecule has 3 rings (SSSR count). The van der Waals surface area contributed by atoms with E-state index in [2.05, 4.69) is 10.1 Å². The molecule has 1 aliphatic rings. The van der Waals surface area contributed by atoms with Crippen molar-refractivity contribution >= 4 is 23.8 Å². The first-order chi connectivity index (χ1) is 11.9. The van der Waals surface area contributed by atoms with Crippen LogP contribution in [0.3, 0.4) is 0 Å². The second-order valence-electron chi connectivity index (χ2n) is 6.50. The maximum atomic E-state index is 6.32. The van der Waals surface area contributed by atoms with Gasteiger partial charge in [-0.05, 0) is 56.9 Å². The third-order valence-electron chi connectivity index (χ3n) is 4.16. The molecule has 25 heavy (non-hydrogen) atoms. The van der Waals surface area contributed by atoms with Crippen molar-refractivity contribution < 1.29 is 14.0 Å². The Kier molecular flexibility index (Phi) is 5.01. The van der Waals surface area contributed by atoms with Crippen molar-refractivity contribution in [1.29, 1.82) is 0 Å². The van der Waals surface area contributed by atoms with Crippen LogP contribution in [0.2, 0.25) is 5.02 Å². The van der Waals surface area contributed by atoms with E-state index in [9.17, 15) is 0 Å². The highest BCUT2D eigenvalue weighted by molar-refractivity contribution is 6.32. The molecule has 1 aromatic carbocycles. The van der Waals surface area contributed by atoms with E-state index in [1.165, 1.54) is 0 Å². The molecule has 0 radical (unpaired) electrons. The number of hydrogen-bond acceptors (Lipinski definition) is 6. The van der Waals surface area contributed by atoms with E-state index < -0.39 is 5.54 Å². The molecule has 0 amide bonds. The van der Waals surface area contributed by atoms with Gasteiger partial charge in [-0.3, -0.25) is 0 Å². The minimum Gasteiger partial charge on any atom is -0.493 e. The number of ether oxygens (including phenoxy) is 2. The molecule has 1 aromatic heterocycles. The third-order valence-corrected chi connectivity index (χ3v) is 4.44. The average Bonchev–Trinajstić information content (AvgIpc) is 3.01. The predicted octanol–water partition coefficient (Wildman–Crippen LogP) is 4.03. The van der Waals surface area contributed by atoms with E-state index >= 15 is 0 Å². The highest BCUT2D eigenvalue weighted by Gasteiger charge is 2.38. The van der Waals surface area contributed by atoms with Crippen LogP contribution in [0, 0.1) is 0 Å². The van der Waals surface area contributed by atoms with Crippen LogP contribution in [0.5, 0.6) is 11.5 Å². The van der Waals surface area contributed by atoms with Crippen molar-refractivity contribution in [1.82, 2.24) is 10.1 Å². The number of hydrogen-bond donors (Lipinski definition) is 1. The summed E-state index contributed by atoms with van der Waals surface area (Å²) in [6.07, 6.45) is 6.43. The van der Waals surface area contributed by atoms with Crippen LogP contribution >= 0.6 is 11.6 Å². The lowest BCUT2D eigenvalue weighted by molar-refractivity contribution is 0.229. The Morgan fingerprint density at radius 3 is 2.68 bits per heavy atom. The smallest absolute Gasteiger partial charge is 0.250 e. The summed E-state index contributed by atoms with van der Waals surface area (Å²) in [6.45, 7) is 3.87. The second-order valence-corrected chi connectivity index (χ2v) is 6.91. The summed E-state index contributed by atoms with van der Waals surface area (Å²) in [5.74, 6) is 2.08. The van der Waals surface area contributed by atoms with Gasteiger partial charge in [-0.15, -0.1) is 0 Å². The summed E-state index contributed by atoms with van der Waals surface area (Å²) in [5, 5.41) is 4.47. The van der Waals surface area contributed by atoms with E-state index in [-0.39, 0.29) is 6.10 Å². The molecular formula is C18H22ClN3O3. The fourth-order valence-electron chi connectivity index (χ4n) is 2.64. The normalized spacial score (nSPS) is 16.2. The van der Waals surface area contributed by atoms with Crippen LogP contribution in [-0.4, -0.2) is 23.4 Å². The Bertz CT molecular complexity index is 782. The molecule has 1 fully saturated rings. The molecule has 2 N–H and O–H groups in total. The van der Waals surface area contributed by atoms with Gasteiger partial charge in [-0.2, -0.15) is 4.98 Å². The highest BCUT2D eigenvalue weighted by atomic mass is 35.5. The van der Waals surface area contributed by atoms with Crippen molar-refractivity contribution in [2.75, 3.05) is 7.11 Å². The molecule has 0 saturated heterocycles. The van der Waals surface area contributed by atoms with Crippen LogP contribution in [0.25, 0.3) is 12.2 Å². The summed E-state index contributed by atoms with van der Waals surface area (Å²) in [6, 6.07) is 3.64. The van der Waals surface area contributed by atoms with Gasteiger partial charge in [0.1, 0.15) is 0 Å². The number of nitrogens with two attached hydrogens (primary N) is 1. The number of halogens is 1. The maximum absolute atomic E-state index is 6.32. The number of rotatable bonds is 6. The quantitative estimate of drug-likeness (QED) is 0.834.